The molecule has 0 bridgehead atoms. The van der Waals surface area contributed by atoms with Crippen LogP contribution in [0.15, 0.2) is 27.6 Å². The van der Waals surface area contributed by atoms with Crippen molar-refractivity contribution in [3.63, 3.8) is 0 Å². The molecule has 1 heterocycles. The van der Waals surface area contributed by atoms with Gasteiger partial charge in [-0.25, -0.2) is 12.8 Å². The van der Waals surface area contributed by atoms with Crippen molar-refractivity contribution in [2.45, 2.75) is 43.9 Å². The van der Waals surface area contributed by atoms with Crippen molar-refractivity contribution in [2.24, 2.45) is 5.92 Å². The Balaban J connectivity index is 2.17. The first kappa shape index (κ1) is 16.9. The van der Waals surface area contributed by atoms with E-state index in [-0.39, 0.29) is 9.37 Å². The number of rotatable bonds is 4. The molecule has 0 N–H and O–H groups in total. The molecule has 6 heteroatoms. The molecule has 0 aromatic heterocycles. The molecule has 1 aliphatic heterocycles. The first-order valence-electron chi connectivity index (χ1n) is 7.40. The molecule has 0 radical (unpaired) electrons. The van der Waals surface area contributed by atoms with Gasteiger partial charge >= 0.3 is 0 Å². The van der Waals surface area contributed by atoms with Gasteiger partial charge in [-0.1, -0.05) is 19.8 Å². The summed E-state index contributed by atoms with van der Waals surface area (Å²) in [5.74, 6) is 0.0617. The predicted octanol–water partition coefficient (Wildman–Crippen LogP) is 4.18. The normalized spacial score (nSPS) is 21.2. The highest BCUT2D eigenvalue weighted by molar-refractivity contribution is 9.10. The second kappa shape index (κ2) is 7.20. The standard InChI is InChI=1S/C15H21BrFNO2S/c1-2-4-12-5-3-9-18(10-8-12)21(19,20)13-6-7-14(16)15(17)11-13/h6-7,11-12H,2-5,8-10H2,1H3. The maximum atomic E-state index is 13.6. The summed E-state index contributed by atoms with van der Waals surface area (Å²) in [5.41, 5.74) is 0. The fourth-order valence-electron chi connectivity index (χ4n) is 2.86. The van der Waals surface area contributed by atoms with Gasteiger partial charge in [-0.05, 0) is 59.3 Å². The van der Waals surface area contributed by atoms with Gasteiger partial charge in [0, 0.05) is 13.1 Å². The molecule has 0 aliphatic carbocycles. The number of hydrogen-bond acceptors (Lipinski definition) is 2. The lowest BCUT2D eigenvalue weighted by molar-refractivity contribution is 0.399. The van der Waals surface area contributed by atoms with Crippen LogP contribution in [-0.2, 0) is 10.0 Å². The highest BCUT2D eigenvalue weighted by Crippen LogP contribution is 2.27. The van der Waals surface area contributed by atoms with Crippen molar-refractivity contribution in [1.82, 2.24) is 4.31 Å². The zero-order chi connectivity index (χ0) is 15.5. The van der Waals surface area contributed by atoms with E-state index in [1.165, 1.54) is 16.4 Å². The zero-order valence-corrected chi connectivity index (χ0v) is 14.6. The molecule has 1 aliphatic rings. The Morgan fingerprint density at radius 1 is 1.33 bits per heavy atom. The number of benzene rings is 1. The molecule has 1 unspecified atom stereocenters. The summed E-state index contributed by atoms with van der Waals surface area (Å²) in [5, 5.41) is 0. The quantitative estimate of drug-likeness (QED) is 0.788. The van der Waals surface area contributed by atoms with Crippen LogP contribution in [0.1, 0.15) is 39.0 Å². The summed E-state index contributed by atoms with van der Waals surface area (Å²) in [4.78, 5) is 0.0390. The molecule has 0 spiro atoms. The van der Waals surface area contributed by atoms with E-state index < -0.39 is 15.8 Å². The van der Waals surface area contributed by atoms with E-state index in [1.54, 1.807) is 0 Å². The van der Waals surface area contributed by atoms with Crippen LogP contribution in [0.5, 0.6) is 0 Å². The number of hydrogen-bond donors (Lipinski definition) is 0. The molecular weight excluding hydrogens is 357 g/mol. The molecule has 1 fully saturated rings. The van der Waals surface area contributed by atoms with E-state index in [2.05, 4.69) is 22.9 Å². The Bertz CT molecular complexity index is 591. The molecule has 1 atom stereocenters. The lowest BCUT2D eigenvalue weighted by Gasteiger charge is -2.20. The van der Waals surface area contributed by atoms with Crippen LogP contribution in [0, 0.1) is 11.7 Å². The minimum atomic E-state index is -3.59. The highest BCUT2D eigenvalue weighted by atomic mass is 79.9. The van der Waals surface area contributed by atoms with Gasteiger partial charge in [0.1, 0.15) is 5.82 Å². The number of halogens is 2. The van der Waals surface area contributed by atoms with Crippen molar-refractivity contribution >= 4 is 26.0 Å². The molecule has 1 saturated heterocycles. The molecule has 0 saturated carbocycles. The fraction of sp³-hybridized carbons (Fsp3) is 0.600. The van der Waals surface area contributed by atoms with E-state index >= 15 is 0 Å². The maximum absolute atomic E-state index is 13.6. The summed E-state index contributed by atoms with van der Waals surface area (Å²) in [6.07, 6.45) is 5.14. The van der Waals surface area contributed by atoms with Gasteiger partial charge in [-0.15, -0.1) is 0 Å². The average molecular weight is 378 g/mol. The Morgan fingerprint density at radius 3 is 2.76 bits per heavy atom. The van der Waals surface area contributed by atoms with Gasteiger partial charge in [0.15, 0.2) is 0 Å². The predicted molar refractivity (Wildman–Crippen MR) is 85.1 cm³/mol. The SMILES string of the molecule is CCCC1CCCN(S(=O)(=O)c2ccc(Br)c(F)c2)CC1. The van der Waals surface area contributed by atoms with Crippen LogP contribution < -0.4 is 0 Å². The van der Waals surface area contributed by atoms with Crippen molar-refractivity contribution in [3.8, 4) is 0 Å². The largest absolute Gasteiger partial charge is 0.243 e. The topological polar surface area (TPSA) is 37.4 Å². The first-order valence-corrected chi connectivity index (χ1v) is 9.63. The van der Waals surface area contributed by atoms with E-state index in [9.17, 15) is 12.8 Å². The Morgan fingerprint density at radius 2 is 2.10 bits per heavy atom. The monoisotopic (exact) mass is 377 g/mol. The number of nitrogens with zero attached hydrogens (tertiary/aromatic N) is 1. The van der Waals surface area contributed by atoms with Crippen LogP contribution in [0.2, 0.25) is 0 Å². The average Bonchev–Trinajstić information content (AvgIpc) is 2.68. The highest BCUT2D eigenvalue weighted by Gasteiger charge is 2.27. The summed E-state index contributed by atoms with van der Waals surface area (Å²) in [6.45, 7) is 3.22. The van der Waals surface area contributed by atoms with Crippen molar-refractivity contribution in [2.75, 3.05) is 13.1 Å². The van der Waals surface area contributed by atoms with Crippen LogP contribution >= 0.6 is 15.9 Å². The fourth-order valence-corrected chi connectivity index (χ4v) is 4.62. The Kier molecular flexibility index (Phi) is 5.80. The van der Waals surface area contributed by atoms with E-state index in [0.29, 0.717) is 19.0 Å². The molecule has 21 heavy (non-hydrogen) atoms. The molecule has 1 aromatic rings. The van der Waals surface area contributed by atoms with Crippen LogP contribution in [0.4, 0.5) is 4.39 Å². The lowest BCUT2D eigenvalue weighted by atomic mass is 9.96. The first-order chi connectivity index (χ1) is 9.95. The zero-order valence-electron chi connectivity index (χ0n) is 12.2. The summed E-state index contributed by atoms with van der Waals surface area (Å²) < 4.78 is 40.6. The molecular formula is C15H21BrFNO2S. The van der Waals surface area contributed by atoms with Crippen LogP contribution in [-0.4, -0.2) is 25.8 Å². The second-order valence-corrected chi connectivity index (χ2v) is 8.36. The summed E-state index contributed by atoms with van der Waals surface area (Å²) in [6, 6.07) is 3.99. The van der Waals surface area contributed by atoms with Gasteiger partial charge < -0.3 is 0 Å². The van der Waals surface area contributed by atoms with Crippen molar-refractivity contribution in [1.29, 1.82) is 0 Å². The third-order valence-electron chi connectivity index (χ3n) is 4.03. The van der Waals surface area contributed by atoms with Crippen LogP contribution in [0.25, 0.3) is 0 Å². The smallest absolute Gasteiger partial charge is 0.207 e. The molecule has 2 rings (SSSR count). The lowest BCUT2D eigenvalue weighted by Crippen LogP contribution is -2.32. The minimum Gasteiger partial charge on any atom is -0.207 e. The van der Waals surface area contributed by atoms with E-state index in [0.717, 1.165) is 38.2 Å². The third-order valence-corrected chi connectivity index (χ3v) is 6.57. The maximum Gasteiger partial charge on any atom is 0.243 e. The molecule has 1 aromatic carbocycles. The minimum absolute atomic E-state index is 0.0390. The van der Waals surface area contributed by atoms with Gasteiger partial charge in [0.2, 0.25) is 10.0 Å². The summed E-state index contributed by atoms with van der Waals surface area (Å²) in [7, 11) is -3.59. The summed E-state index contributed by atoms with van der Waals surface area (Å²) >= 11 is 3.05. The van der Waals surface area contributed by atoms with Gasteiger partial charge in [0.25, 0.3) is 0 Å². The molecule has 3 nitrogen and oxygen atoms in total. The Hall–Kier alpha value is -0.460. The second-order valence-electron chi connectivity index (χ2n) is 5.57. The van der Waals surface area contributed by atoms with Gasteiger partial charge in [0.05, 0.1) is 9.37 Å². The Labute approximate surface area is 134 Å². The number of sulfonamides is 1. The van der Waals surface area contributed by atoms with Crippen LogP contribution in [0.3, 0.4) is 0 Å². The van der Waals surface area contributed by atoms with Crippen molar-refractivity contribution in [3.05, 3.63) is 28.5 Å². The van der Waals surface area contributed by atoms with E-state index in [1.807, 2.05) is 0 Å². The van der Waals surface area contributed by atoms with Crippen molar-refractivity contribution < 1.29 is 12.8 Å². The van der Waals surface area contributed by atoms with E-state index in [4.69, 9.17) is 0 Å². The third kappa shape index (κ3) is 4.05. The van der Waals surface area contributed by atoms with Gasteiger partial charge in [-0.3, -0.25) is 0 Å². The molecule has 118 valence electrons. The molecule has 0 amide bonds. The van der Waals surface area contributed by atoms with Gasteiger partial charge in [-0.2, -0.15) is 4.31 Å².